The van der Waals surface area contributed by atoms with Crippen molar-refractivity contribution in [2.75, 3.05) is 12.4 Å². The molecule has 1 heterocycles. The molecule has 0 saturated carbocycles. The summed E-state index contributed by atoms with van der Waals surface area (Å²) in [5.74, 6) is 0.381. The van der Waals surface area contributed by atoms with Crippen molar-refractivity contribution in [3.63, 3.8) is 0 Å². The number of methoxy groups -OCH3 is 1. The van der Waals surface area contributed by atoms with Crippen molar-refractivity contribution in [2.24, 2.45) is 0 Å². The lowest BCUT2D eigenvalue weighted by atomic mass is 10.0. The van der Waals surface area contributed by atoms with Gasteiger partial charge in [0.15, 0.2) is 0 Å². The molecule has 2 aromatic rings. The SMILES string of the molecule is CCCCC(Nc1ccc(OC)nc1)c1ccc(F)cc1. The number of hydrogen-bond donors (Lipinski definition) is 1. The number of hydrogen-bond acceptors (Lipinski definition) is 3. The number of nitrogens with one attached hydrogen (secondary N) is 1. The van der Waals surface area contributed by atoms with Crippen LogP contribution in [0.2, 0.25) is 0 Å². The minimum absolute atomic E-state index is 0.153. The second kappa shape index (κ2) is 7.62. The maximum absolute atomic E-state index is 13.1. The van der Waals surface area contributed by atoms with Gasteiger partial charge in [-0.1, -0.05) is 31.9 Å². The van der Waals surface area contributed by atoms with E-state index in [9.17, 15) is 4.39 Å². The van der Waals surface area contributed by atoms with Crippen molar-refractivity contribution < 1.29 is 9.13 Å². The number of halogens is 1. The fourth-order valence-electron chi connectivity index (χ4n) is 2.21. The molecule has 4 heteroatoms. The van der Waals surface area contributed by atoms with Crippen LogP contribution in [0.25, 0.3) is 0 Å². The zero-order valence-electron chi connectivity index (χ0n) is 12.5. The van der Waals surface area contributed by atoms with Gasteiger partial charge in [-0.2, -0.15) is 0 Å². The number of benzene rings is 1. The summed E-state index contributed by atoms with van der Waals surface area (Å²) in [5, 5.41) is 3.46. The molecule has 0 saturated heterocycles. The molecule has 0 aliphatic heterocycles. The number of anilines is 1. The Bertz CT molecular complexity index is 540. The second-order valence-electron chi connectivity index (χ2n) is 4.98. The number of ether oxygens (including phenoxy) is 1. The number of pyridine rings is 1. The number of unbranched alkanes of at least 4 members (excludes halogenated alkanes) is 1. The first kappa shape index (κ1) is 15.3. The molecule has 0 spiro atoms. The van der Waals surface area contributed by atoms with Crippen LogP contribution in [0.1, 0.15) is 37.8 Å². The second-order valence-corrected chi connectivity index (χ2v) is 4.98. The molecule has 0 amide bonds. The summed E-state index contributed by atoms with van der Waals surface area (Å²) in [7, 11) is 1.60. The minimum atomic E-state index is -0.209. The quantitative estimate of drug-likeness (QED) is 0.810. The van der Waals surface area contributed by atoms with Gasteiger partial charge >= 0.3 is 0 Å². The van der Waals surface area contributed by atoms with E-state index in [1.807, 2.05) is 24.3 Å². The van der Waals surface area contributed by atoms with Crippen molar-refractivity contribution in [2.45, 2.75) is 32.2 Å². The van der Waals surface area contributed by atoms with E-state index in [-0.39, 0.29) is 11.9 Å². The highest BCUT2D eigenvalue weighted by Gasteiger charge is 2.11. The van der Waals surface area contributed by atoms with Gasteiger partial charge in [-0.25, -0.2) is 9.37 Å². The average molecular weight is 288 g/mol. The van der Waals surface area contributed by atoms with E-state index in [1.54, 1.807) is 13.3 Å². The van der Waals surface area contributed by atoms with Crippen molar-refractivity contribution in [3.8, 4) is 5.88 Å². The van der Waals surface area contributed by atoms with Gasteiger partial charge in [0.2, 0.25) is 5.88 Å². The summed E-state index contributed by atoms with van der Waals surface area (Å²) >= 11 is 0. The zero-order chi connectivity index (χ0) is 15.1. The van der Waals surface area contributed by atoms with E-state index < -0.39 is 0 Å². The van der Waals surface area contributed by atoms with Crippen LogP contribution in [0.15, 0.2) is 42.6 Å². The molecule has 1 N–H and O–H groups in total. The lowest BCUT2D eigenvalue weighted by Gasteiger charge is -2.20. The molecule has 1 atom stereocenters. The fourth-order valence-corrected chi connectivity index (χ4v) is 2.21. The molecule has 21 heavy (non-hydrogen) atoms. The molecule has 0 aliphatic rings. The predicted molar refractivity (Wildman–Crippen MR) is 83.1 cm³/mol. The van der Waals surface area contributed by atoms with Gasteiger partial charge in [0.25, 0.3) is 0 Å². The third kappa shape index (κ3) is 4.45. The van der Waals surface area contributed by atoms with Gasteiger partial charge in [0.05, 0.1) is 25.0 Å². The Balaban J connectivity index is 2.13. The first-order valence-corrected chi connectivity index (χ1v) is 7.25. The Kier molecular flexibility index (Phi) is 5.55. The van der Waals surface area contributed by atoms with E-state index in [0.717, 1.165) is 30.5 Å². The normalized spacial score (nSPS) is 12.0. The summed E-state index contributed by atoms with van der Waals surface area (Å²) in [4.78, 5) is 4.19. The summed E-state index contributed by atoms with van der Waals surface area (Å²) in [5.41, 5.74) is 2.02. The van der Waals surface area contributed by atoms with Crippen LogP contribution in [-0.2, 0) is 0 Å². The van der Waals surface area contributed by atoms with Gasteiger partial charge in [0.1, 0.15) is 5.82 Å². The van der Waals surface area contributed by atoms with Crippen LogP contribution in [0, 0.1) is 5.82 Å². The van der Waals surface area contributed by atoms with Crippen molar-refractivity contribution in [1.82, 2.24) is 4.98 Å². The van der Waals surface area contributed by atoms with E-state index in [2.05, 4.69) is 17.2 Å². The molecule has 1 aromatic carbocycles. The summed E-state index contributed by atoms with van der Waals surface area (Å²) in [6, 6.07) is 10.6. The monoisotopic (exact) mass is 288 g/mol. The van der Waals surface area contributed by atoms with E-state index in [4.69, 9.17) is 4.74 Å². The molecule has 1 unspecified atom stereocenters. The average Bonchev–Trinajstić information content (AvgIpc) is 2.53. The Morgan fingerprint density at radius 1 is 1.19 bits per heavy atom. The number of aromatic nitrogens is 1. The topological polar surface area (TPSA) is 34.1 Å². The molecular formula is C17H21FN2O. The van der Waals surface area contributed by atoms with Crippen molar-refractivity contribution in [1.29, 1.82) is 0 Å². The van der Waals surface area contributed by atoms with Gasteiger partial charge in [-0.05, 0) is 30.2 Å². The van der Waals surface area contributed by atoms with Crippen LogP contribution in [0.5, 0.6) is 5.88 Å². The van der Waals surface area contributed by atoms with Crippen LogP contribution in [0.4, 0.5) is 10.1 Å². The van der Waals surface area contributed by atoms with Crippen molar-refractivity contribution in [3.05, 3.63) is 54.0 Å². The molecule has 0 aliphatic carbocycles. The first-order valence-electron chi connectivity index (χ1n) is 7.25. The molecule has 112 valence electrons. The molecule has 0 fully saturated rings. The molecule has 3 nitrogen and oxygen atoms in total. The Hall–Kier alpha value is -2.10. The van der Waals surface area contributed by atoms with E-state index >= 15 is 0 Å². The van der Waals surface area contributed by atoms with Crippen LogP contribution >= 0.6 is 0 Å². The zero-order valence-corrected chi connectivity index (χ0v) is 12.5. The molecule has 2 rings (SSSR count). The highest BCUT2D eigenvalue weighted by molar-refractivity contribution is 5.44. The van der Waals surface area contributed by atoms with Crippen LogP contribution in [-0.4, -0.2) is 12.1 Å². The van der Waals surface area contributed by atoms with E-state index in [0.29, 0.717) is 5.88 Å². The summed E-state index contributed by atoms with van der Waals surface area (Å²) in [6.07, 6.45) is 4.98. The maximum Gasteiger partial charge on any atom is 0.213 e. The minimum Gasteiger partial charge on any atom is -0.481 e. The largest absolute Gasteiger partial charge is 0.481 e. The third-order valence-electron chi connectivity index (χ3n) is 3.41. The predicted octanol–water partition coefficient (Wildman–Crippen LogP) is 4.57. The van der Waals surface area contributed by atoms with E-state index in [1.165, 1.54) is 12.1 Å². The Morgan fingerprint density at radius 2 is 1.95 bits per heavy atom. The van der Waals surface area contributed by atoms with Gasteiger partial charge in [-0.15, -0.1) is 0 Å². The smallest absolute Gasteiger partial charge is 0.213 e. The highest BCUT2D eigenvalue weighted by atomic mass is 19.1. The van der Waals surface area contributed by atoms with Crippen molar-refractivity contribution >= 4 is 5.69 Å². The maximum atomic E-state index is 13.1. The lowest BCUT2D eigenvalue weighted by molar-refractivity contribution is 0.398. The highest BCUT2D eigenvalue weighted by Crippen LogP contribution is 2.25. The van der Waals surface area contributed by atoms with Gasteiger partial charge in [-0.3, -0.25) is 0 Å². The van der Waals surface area contributed by atoms with Crippen LogP contribution < -0.4 is 10.1 Å². The van der Waals surface area contributed by atoms with Crippen LogP contribution in [0.3, 0.4) is 0 Å². The molecule has 0 bridgehead atoms. The summed E-state index contributed by atoms with van der Waals surface area (Å²) < 4.78 is 18.1. The fraction of sp³-hybridized carbons (Fsp3) is 0.353. The Labute approximate surface area is 125 Å². The van der Waals surface area contributed by atoms with Gasteiger partial charge in [0, 0.05) is 6.07 Å². The standard InChI is InChI=1S/C17H21FN2O/c1-3-4-5-16(13-6-8-14(18)9-7-13)20-15-10-11-17(21-2)19-12-15/h6-12,16,20H,3-5H2,1-2H3. The number of rotatable bonds is 7. The summed E-state index contributed by atoms with van der Waals surface area (Å²) in [6.45, 7) is 2.16. The third-order valence-corrected chi connectivity index (χ3v) is 3.41. The molecular weight excluding hydrogens is 267 g/mol. The number of nitrogens with zero attached hydrogens (tertiary/aromatic N) is 1. The lowest BCUT2D eigenvalue weighted by Crippen LogP contribution is -2.11. The molecule has 1 aromatic heterocycles. The van der Waals surface area contributed by atoms with Gasteiger partial charge < -0.3 is 10.1 Å². The first-order chi connectivity index (χ1) is 10.2. The Morgan fingerprint density at radius 3 is 2.52 bits per heavy atom. The molecule has 0 radical (unpaired) electrons.